The molecule has 0 saturated heterocycles. The van der Waals surface area contributed by atoms with Crippen LogP contribution in [-0.2, 0) is 12.0 Å². The molecule has 0 spiro atoms. The standard InChI is InChI=1S/C16H21N3O2/c1-20-13-7-5-6-12(10-13)11-14-18-15(19-21-14)16(17)8-3-2-4-9-16/h5-7,10H,2-4,8-9,11,17H2,1H3. The molecular weight excluding hydrogens is 266 g/mol. The summed E-state index contributed by atoms with van der Waals surface area (Å²) in [5, 5.41) is 4.11. The van der Waals surface area contributed by atoms with Crippen LogP contribution in [0.2, 0.25) is 0 Å². The fourth-order valence-corrected chi connectivity index (χ4v) is 2.89. The number of hydrogen-bond acceptors (Lipinski definition) is 5. The molecule has 0 aliphatic heterocycles. The molecule has 5 nitrogen and oxygen atoms in total. The average Bonchev–Trinajstić information content (AvgIpc) is 2.97. The second-order valence-corrected chi connectivity index (χ2v) is 5.76. The Balaban J connectivity index is 1.75. The summed E-state index contributed by atoms with van der Waals surface area (Å²) < 4.78 is 10.6. The van der Waals surface area contributed by atoms with Crippen molar-refractivity contribution in [3.63, 3.8) is 0 Å². The lowest BCUT2D eigenvalue weighted by atomic mass is 9.82. The van der Waals surface area contributed by atoms with Crippen LogP contribution in [0.3, 0.4) is 0 Å². The summed E-state index contributed by atoms with van der Waals surface area (Å²) in [5.41, 5.74) is 7.10. The minimum atomic E-state index is -0.408. The van der Waals surface area contributed by atoms with Crippen molar-refractivity contribution in [3.05, 3.63) is 41.5 Å². The van der Waals surface area contributed by atoms with E-state index >= 15 is 0 Å². The van der Waals surface area contributed by atoms with Gasteiger partial charge in [-0.05, 0) is 30.5 Å². The molecule has 1 aromatic heterocycles. The maximum atomic E-state index is 6.43. The van der Waals surface area contributed by atoms with E-state index in [0.29, 0.717) is 18.1 Å². The second kappa shape index (κ2) is 5.85. The van der Waals surface area contributed by atoms with Crippen LogP contribution < -0.4 is 10.5 Å². The maximum absolute atomic E-state index is 6.43. The molecule has 0 atom stereocenters. The molecule has 1 heterocycles. The van der Waals surface area contributed by atoms with Crippen LogP contribution in [-0.4, -0.2) is 17.3 Å². The van der Waals surface area contributed by atoms with Crippen molar-refractivity contribution in [2.75, 3.05) is 7.11 Å². The predicted octanol–water partition coefficient (Wildman–Crippen LogP) is 2.79. The summed E-state index contributed by atoms with van der Waals surface area (Å²) in [5.74, 6) is 2.09. The van der Waals surface area contributed by atoms with Crippen molar-refractivity contribution in [1.29, 1.82) is 0 Å². The molecule has 2 aromatic rings. The molecule has 1 saturated carbocycles. The molecule has 1 aromatic carbocycles. The first-order chi connectivity index (χ1) is 10.2. The topological polar surface area (TPSA) is 74.2 Å². The number of hydrogen-bond donors (Lipinski definition) is 1. The molecule has 1 aliphatic carbocycles. The van der Waals surface area contributed by atoms with E-state index in [-0.39, 0.29) is 0 Å². The van der Waals surface area contributed by atoms with Crippen molar-refractivity contribution in [3.8, 4) is 5.75 Å². The lowest BCUT2D eigenvalue weighted by molar-refractivity contribution is 0.273. The molecular formula is C16H21N3O2. The average molecular weight is 287 g/mol. The van der Waals surface area contributed by atoms with Crippen LogP contribution in [0.5, 0.6) is 5.75 Å². The summed E-state index contributed by atoms with van der Waals surface area (Å²) >= 11 is 0. The largest absolute Gasteiger partial charge is 0.497 e. The summed E-state index contributed by atoms with van der Waals surface area (Å²) in [6.45, 7) is 0. The van der Waals surface area contributed by atoms with E-state index < -0.39 is 5.54 Å². The van der Waals surface area contributed by atoms with Gasteiger partial charge in [0.25, 0.3) is 0 Å². The Morgan fingerprint density at radius 2 is 2.10 bits per heavy atom. The highest BCUT2D eigenvalue weighted by Crippen LogP contribution is 2.33. The number of rotatable bonds is 4. The molecule has 21 heavy (non-hydrogen) atoms. The molecule has 0 radical (unpaired) electrons. The van der Waals surface area contributed by atoms with Crippen LogP contribution in [0.25, 0.3) is 0 Å². The van der Waals surface area contributed by atoms with E-state index in [4.69, 9.17) is 15.0 Å². The zero-order chi connectivity index (χ0) is 14.7. The fourth-order valence-electron chi connectivity index (χ4n) is 2.89. The Hall–Kier alpha value is -1.88. The van der Waals surface area contributed by atoms with Crippen LogP contribution in [0.1, 0.15) is 49.4 Å². The van der Waals surface area contributed by atoms with Gasteiger partial charge in [0.1, 0.15) is 5.75 Å². The SMILES string of the molecule is COc1cccc(Cc2nc(C3(N)CCCCC3)no2)c1. The van der Waals surface area contributed by atoms with Crippen molar-refractivity contribution < 1.29 is 9.26 Å². The molecule has 1 aliphatic rings. The van der Waals surface area contributed by atoms with Gasteiger partial charge in [-0.1, -0.05) is 36.6 Å². The van der Waals surface area contributed by atoms with E-state index in [0.717, 1.165) is 37.0 Å². The van der Waals surface area contributed by atoms with Crippen LogP contribution in [0.15, 0.2) is 28.8 Å². The van der Waals surface area contributed by atoms with Gasteiger partial charge >= 0.3 is 0 Å². The quantitative estimate of drug-likeness (QED) is 0.936. The van der Waals surface area contributed by atoms with Gasteiger partial charge < -0.3 is 15.0 Å². The normalized spacial score (nSPS) is 17.6. The first-order valence-electron chi connectivity index (χ1n) is 7.44. The number of nitrogens with zero attached hydrogens (tertiary/aromatic N) is 2. The maximum Gasteiger partial charge on any atom is 0.231 e. The molecule has 112 valence electrons. The lowest BCUT2D eigenvalue weighted by Crippen LogP contribution is -2.39. The van der Waals surface area contributed by atoms with E-state index in [1.54, 1.807) is 7.11 Å². The Labute approximate surface area is 124 Å². The predicted molar refractivity (Wildman–Crippen MR) is 79.0 cm³/mol. The highest BCUT2D eigenvalue weighted by Gasteiger charge is 2.34. The first-order valence-corrected chi connectivity index (χ1v) is 7.44. The number of benzene rings is 1. The van der Waals surface area contributed by atoms with Gasteiger partial charge in [0, 0.05) is 0 Å². The van der Waals surface area contributed by atoms with Gasteiger partial charge in [0.05, 0.1) is 19.1 Å². The monoisotopic (exact) mass is 287 g/mol. The molecule has 2 N–H and O–H groups in total. The van der Waals surface area contributed by atoms with E-state index in [1.807, 2.05) is 24.3 Å². The van der Waals surface area contributed by atoms with Crippen LogP contribution in [0, 0.1) is 0 Å². The zero-order valence-corrected chi connectivity index (χ0v) is 12.3. The van der Waals surface area contributed by atoms with Gasteiger partial charge in [-0.2, -0.15) is 4.98 Å². The highest BCUT2D eigenvalue weighted by atomic mass is 16.5. The minimum Gasteiger partial charge on any atom is -0.497 e. The second-order valence-electron chi connectivity index (χ2n) is 5.76. The van der Waals surface area contributed by atoms with Crippen molar-refractivity contribution in [2.45, 2.75) is 44.1 Å². The lowest BCUT2D eigenvalue weighted by Gasteiger charge is -2.29. The van der Waals surface area contributed by atoms with Gasteiger partial charge in [0.15, 0.2) is 5.82 Å². The summed E-state index contributed by atoms with van der Waals surface area (Å²) in [6.07, 6.45) is 5.98. The Bertz CT molecular complexity index is 603. The molecule has 5 heteroatoms. The van der Waals surface area contributed by atoms with E-state index in [9.17, 15) is 0 Å². The molecule has 3 rings (SSSR count). The van der Waals surface area contributed by atoms with E-state index in [2.05, 4.69) is 10.1 Å². The Morgan fingerprint density at radius 1 is 1.29 bits per heavy atom. The Kier molecular flexibility index (Phi) is 3.92. The molecule has 0 amide bonds. The van der Waals surface area contributed by atoms with Crippen molar-refractivity contribution in [1.82, 2.24) is 10.1 Å². The fraction of sp³-hybridized carbons (Fsp3) is 0.500. The number of ether oxygens (including phenoxy) is 1. The van der Waals surface area contributed by atoms with Gasteiger partial charge in [-0.15, -0.1) is 0 Å². The van der Waals surface area contributed by atoms with Crippen molar-refractivity contribution >= 4 is 0 Å². The minimum absolute atomic E-state index is 0.408. The van der Waals surface area contributed by atoms with Gasteiger partial charge in [0.2, 0.25) is 5.89 Å². The first kappa shape index (κ1) is 14.1. The third-order valence-electron chi connectivity index (χ3n) is 4.15. The number of methoxy groups -OCH3 is 1. The third-order valence-corrected chi connectivity index (χ3v) is 4.15. The van der Waals surface area contributed by atoms with Gasteiger partial charge in [-0.3, -0.25) is 0 Å². The van der Waals surface area contributed by atoms with Crippen LogP contribution in [0.4, 0.5) is 0 Å². The molecule has 0 bridgehead atoms. The Morgan fingerprint density at radius 3 is 2.86 bits per heavy atom. The zero-order valence-electron chi connectivity index (χ0n) is 12.3. The summed E-state index contributed by atoms with van der Waals surface area (Å²) in [4.78, 5) is 4.51. The smallest absolute Gasteiger partial charge is 0.231 e. The number of nitrogens with two attached hydrogens (primary N) is 1. The van der Waals surface area contributed by atoms with Gasteiger partial charge in [-0.25, -0.2) is 0 Å². The van der Waals surface area contributed by atoms with E-state index in [1.165, 1.54) is 6.42 Å². The van der Waals surface area contributed by atoms with Crippen molar-refractivity contribution in [2.24, 2.45) is 5.73 Å². The molecule has 1 fully saturated rings. The summed E-state index contributed by atoms with van der Waals surface area (Å²) in [7, 11) is 1.66. The summed E-state index contributed by atoms with van der Waals surface area (Å²) in [6, 6.07) is 7.87. The number of aromatic nitrogens is 2. The third kappa shape index (κ3) is 3.08. The molecule has 0 unspecified atom stereocenters. The van der Waals surface area contributed by atoms with Crippen LogP contribution >= 0.6 is 0 Å². The highest BCUT2D eigenvalue weighted by molar-refractivity contribution is 5.29.